The van der Waals surface area contributed by atoms with E-state index in [9.17, 15) is 0 Å². The van der Waals surface area contributed by atoms with Crippen molar-refractivity contribution in [1.82, 2.24) is 5.32 Å². The van der Waals surface area contributed by atoms with Crippen LogP contribution in [0.15, 0.2) is 30.3 Å². The molecule has 1 heteroatoms. The third kappa shape index (κ3) is 6.80. The van der Waals surface area contributed by atoms with Gasteiger partial charge in [0.15, 0.2) is 0 Å². The molecule has 0 aliphatic rings. The zero-order valence-corrected chi connectivity index (χ0v) is 12.1. The summed E-state index contributed by atoms with van der Waals surface area (Å²) in [6.07, 6.45) is 9.37. The molecular weight excluding hydrogens is 218 g/mol. The van der Waals surface area contributed by atoms with Gasteiger partial charge in [-0.25, -0.2) is 0 Å². The SMILES string of the molecule is CCCCCCCC(Cc1ccccc1)NCC. The molecule has 0 amide bonds. The summed E-state index contributed by atoms with van der Waals surface area (Å²) in [5.74, 6) is 0. The Labute approximate surface area is 113 Å². The summed E-state index contributed by atoms with van der Waals surface area (Å²) < 4.78 is 0. The minimum Gasteiger partial charge on any atom is -0.314 e. The van der Waals surface area contributed by atoms with Gasteiger partial charge in [0.25, 0.3) is 0 Å². The number of likely N-dealkylation sites (N-methyl/N-ethyl adjacent to an activating group) is 1. The number of hydrogen-bond acceptors (Lipinski definition) is 1. The molecule has 0 aromatic heterocycles. The molecular formula is C17H29N. The summed E-state index contributed by atoms with van der Waals surface area (Å²) in [6.45, 7) is 5.55. The van der Waals surface area contributed by atoms with E-state index in [0.717, 1.165) is 6.54 Å². The molecule has 1 N–H and O–H groups in total. The monoisotopic (exact) mass is 247 g/mol. The first-order valence-electron chi connectivity index (χ1n) is 7.64. The molecule has 1 rings (SSSR count). The zero-order chi connectivity index (χ0) is 13.1. The van der Waals surface area contributed by atoms with Crippen molar-refractivity contribution < 1.29 is 0 Å². The maximum Gasteiger partial charge on any atom is 0.0107 e. The van der Waals surface area contributed by atoms with Crippen molar-refractivity contribution in [3.63, 3.8) is 0 Å². The van der Waals surface area contributed by atoms with Crippen LogP contribution < -0.4 is 5.32 Å². The lowest BCUT2D eigenvalue weighted by atomic mass is 10.00. The van der Waals surface area contributed by atoms with Crippen LogP contribution in [-0.4, -0.2) is 12.6 Å². The van der Waals surface area contributed by atoms with Crippen LogP contribution in [0.2, 0.25) is 0 Å². The van der Waals surface area contributed by atoms with Crippen molar-refractivity contribution in [1.29, 1.82) is 0 Å². The summed E-state index contributed by atoms with van der Waals surface area (Å²) in [5.41, 5.74) is 1.46. The predicted molar refractivity (Wildman–Crippen MR) is 81.0 cm³/mol. The quantitative estimate of drug-likeness (QED) is 0.597. The first-order chi connectivity index (χ1) is 8.86. The average molecular weight is 247 g/mol. The number of nitrogens with one attached hydrogen (secondary N) is 1. The third-order valence-corrected chi connectivity index (χ3v) is 3.47. The van der Waals surface area contributed by atoms with E-state index in [2.05, 4.69) is 49.5 Å². The first-order valence-corrected chi connectivity index (χ1v) is 7.64. The minimum atomic E-state index is 0.652. The van der Waals surface area contributed by atoms with E-state index in [1.807, 2.05) is 0 Å². The molecule has 0 bridgehead atoms. The maximum absolute atomic E-state index is 3.62. The molecule has 18 heavy (non-hydrogen) atoms. The van der Waals surface area contributed by atoms with Gasteiger partial charge < -0.3 is 5.32 Å². The molecule has 0 saturated carbocycles. The molecule has 0 radical (unpaired) electrons. The van der Waals surface area contributed by atoms with E-state index >= 15 is 0 Å². The molecule has 0 heterocycles. The van der Waals surface area contributed by atoms with Crippen molar-refractivity contribution in [2.45, 2.75) is 64.8 Å². The van der Waals surface area contributed by atoms with Crippen molar-refractivity contribution in [2.75, 3.05) is 6.54 Å². The second-order valence-electron chi connectivity index (χ2n) is 5.15. The van der Waals surface area contributed by atoms with E-state index in [4.69, 9.17) is 0 Å². The largest absolute Gasteiger partial charge is 0.314 e. The fourth-order valence-corrected chi connectivity index (χ4v) is 2.46. The zero-order valence-electron chi connectivity index (χ0n) is 12.1. The highest BCUT2D eigenvalue weighted by Crippen LogP contribution is 2.11. The second kappa shape index (κ2) is 10.1. The summed E-state index contributed by atoms with van der Waals surface area (Å²) in [4.78, 5) is 0. The number of benzene rings is 1. The second-order valence-corrected chi connectivity index (χ2v) is 5.15. The summed E-state index contributed by atoms with van der Waals surface area (Å²) in [7, 11) is 0. The van der Waals surface area contributed by atoms with Crippen LogP contribution in [0, 0.1) is 0 Å². The predicted octanol–water partition coefficient (Wildman–Crippen LogP) is 4.57. The minimum absolute atomic E-state index is 0.652. The van der Waals surface area contributed by atoms with Gasteiger partial charge in [-0.1, -0.05) is 76.3 Å². The lowest BCUT2D eigenvalue weighted by Gasteiger charge is -2.18. The molecule has 0 aliphatic heterocycles. The molecule has 1 nitrogen and oxygen atoms in total. The van der Waals surface area contributed by atoms with Crippen LogP contribution in [0.25, 0.3) is 0 Å². The van der Waals surface area contributed by atoms with Gasteiger partial charge in [-0.15, -0.1) is 0 Å². The van der Waals surface area contributed by atoms with E-state index in [1.54, 1.807) is 0 Å². The van der Waals surface area contributed by atoms with Crippen LogP contribution in [0.3, 0.4) is 0 Å². The number of hydrogen-bond donors (Lipinski definition) is 1. The van der Waals surface area contributed by atoms with E-state index in [1.165, 1.54) is 50.5 Å². The van der Waals surface area contributed by atoms with Gasteiger partial charge in [0.05, 0.1) is 0 Å². The number of unbranched alkanes of at least 4 members (excludes halogenated alkanes) is 4. The van der Waals surface area contributed by atoms with Gasteiger partial charge in [0, 0.05) is 6.04 Å². The summed E-state index contributed by atoms with van der Waals surface area (Å²) in [5, 5.41) is 3.62. The number of rotatable bonds is 10. The Kier molecular flexibility index (Phi) is 8.58. The van der Waals surface area contributed by atoms with Gasteiger partial charge in [-0.05, 0) is 24.9 Å². The standard InChI is InChI=1S/C17H29N/c1-3-5-6-7-11-14-17(18-4-2)15-16-12-9-8-10-13-16/h8-10,12-13,17-18H,3-7,11,14-15H2,1-2H3. The molecule has 1 atom stereocenters. The normalized spacial score (nSPS) is 12.6. The molecule has 102 valence electrons. The smallest absolute Gasteiger partial charge is 0.0107 e. The van der Waals surface area contributed by atoms with E-state index in [-0.39, 0.29) is 0 Å². The van der Waals surface area contributed by atoms with Gasteiger partial charge >= 0.3 is 0 Å². The lowest BCUT2D eigenvalue weighted by molar-refractivity contribution is 0.461. The fraction of sp³-hybridized carbons (Fsp3) is 0.647. The molecule has 1 unspecified atom stereocenters. The van der Waals surface area contributed by atoms with Crippen molar-refractivity contribution in [3.05, 3.63) is 35.9 Å². The third-order valence-electron chi connectivity index (χ3n) is 3.47. The highest BCUT2D eigenvalue weighted by atomic mass is 14.9. The van der Waals surface area contributed by atoms with E-state index in [0.29, 0.717) is 6.04 Å². The van der Waals surface area contributed by atoms with Crippen LogP contribution in [0.5, 0.6) is 0 Å². The Bertz CT molecular complexity index is 281. The van der Waals surface area contributed by atoms with Crippen LogP contribution in [-0.2, 0) is 6.42 Å². The molecule has 0 saturated heterocycles. The van der Waals surface area contributed by atoms with Crippen molar-refractivity contribution in [2.24, 2.45) is 0 Å². The van der Waals surface area contributed by atoms with Gasteiger partial charge in [0.1, 0.15) is 0 Å². The van der Waals surface area contributed by atoms with Gasteiger partial charge in [0.2, 0.25) is 0 Å². The van der Waals surface area contributed by atoms with Crippen LogP contribution in [0.4, 0.5) is 0 Å². The van der Waals surface area contributed by atoms with E-state index < -0.39 is 0 Å². The lowest BCUT2D eigenvalue weighted by Crippen LogP contribution is -2.30. The summed E-state index contributed by atoms with van der Waals surface area (Å²) in [6, 6.07) is 11.5. The molecule has 0 aliphatic carbocycles. The Morgan fingerprint density at radius 2 is 1.67 bits per heavy atom. The average Bonchev–Trinajstić information content (AvgIpc) is 2.40. The Morgan fingerprint density at radius 3 is 2.33 bits per heavy atom. The molecule has 0 fully saturated rings. The van der Waals surface area contributed by atoms with Gasteiger partial charge in [-0.3, -0.25) is 0 Å². The Balaban J connectivity index is 2.26. The Hall–Kier alpha value is -0.820. The fourth-order valence-electron chi connectivity index (χ4n) is 2.46. The topological polar surface area (TPSA) is 12.0 Å². The van der Waals surface area contributed by atoms with Crippen LogP contribution in [0.1, 0.15) is 57.9 Å². The molecule has 1 aromatic rings. The highest BCUT2D eigenvalue weighted by molar-refractivity contribution is 5.15. The first kappa shape index (κ1) is 15.2. The van der Waals surface area contributed by atoms with Crippen molar-refractivity contribution in [3.8, 4) is 0 Å². The highest BCUT2D eigenvalue weighted by Gasteiger charge is 2.07. The van der Waals surface area contributed by atoms with Gasteiger partial charge in [-0.2, -0.15) is 0 Å². The van der Waals surface area contributed by atoms with Crippen LogP contribution >= 0.6 is 0 Å². The molecule has 1 aromatic carbocycles. The summed E-state index contributed by atoms with van der Waals surface area (Å²) >= 11 is 0. The van der Waals surface area contributed by atoms with Crippen molar-refractivity contribution >= 4 is 0 Å². The maximum atomic E-state index is 3.62. The Morgan fingerprint density at radius 1 is 0.944 bits per heavy atom. The molecule has 0 spiro atoms.